The first-order valence-electron chi connectivity index (χ1n) is 9.12. The number of primary amides is 1. The summed E-state index contributed by atoms with van der Waals surface area (Å²) in [6.45, 7) is 4.97. The summed E-state index contributed by atoms with van der Waals surface area (Å²) in [7, 11) is 2.14. The van der Waals surface area contributed by atoms with Crippen LogP contribution in [0.15, 0.2) is 18.2 Å². The number of nitrogens with zero attached hydrogens (tertiary/aromatic N) is 5. The van der Waals surface area contributed by atoms with Crippen molar-refractivity contribution in [1.82, 2.24) is 24.6 Å². The molecule has 4 rings (SSSR count). The largest absolute Gasteiger partial charge is 0.454 e. The van der Waals surface area contributed by atoms with E-state index in [1.54, 1.807) is 4.68 Å². The van der Waals surface area contributed by atoms with Gasteiger partial charge in [0.05, 0.1) is 18.7 Å². The highest BCUT2D eigenvalue weighted by atomic mass is 16.7. The zero-order valence-corrected chi connectivity index (χ0v) is 15.4. The van der Waals surface area contributed by atoms with E-state index in [0.29, 0.717) is 23.9 Å². The Labute approximate surface area is 157 Å². The lowest BCUT2D eigenvalue weighted by molar-refractivity contribution is -0.117. The van der Waals surface area contributed by atoms with Gasteiger partial charge in [0, 0.05) is 19.2 Å². The van der Waals surface area contributed by atoms with Gasteiger partial charge in [-0.2, -0.15) is 5.10 Å². The van der Waals surface area contributed by atoms with E-state index in [0.717, 1.165) is 44.1 Å². The topological polar surface area (TPSA) is 98.7 Å². The molecule has 1 fully saturated rings. The average Bonchev–Trinajstić information content (AvgIpc) is 3.19. The molecule has 0 aliphatic carbocycles. The van der Waals surface area contributed by atoms with E-state index in [1.165, 1.54) is 0 Å². The molecule has 0 radical (unpaired) electrons. The van der Waals surface area contributed by atoms with E-state index in [1.807, 2.05) is 18.2 Å². The molecule has 144 valence electrons. The molecule has 2 aliphatic heterocycles. The van der Waals surface area contributed by atoms with Crippen LogP contribution in [0.5, 0.6) is 11.5 Å². The van der Waals surface area contributed by atoms with Crippen LogP contribution in [-0.2, 0) is 17.8 Å². The van der Waals surface area contributed by atoms with Crippen LogP contribution < -0.4 is 15.2 Å². The summed E-state index contributed by atoms with van der Waals surface area (Å²) in [4.78, 5) is 20.6. The molecule has 1 aromatic heterocycles. The molecule has 0 saturated carbocycles. The number of hydrogen-bond donors (Lipinski definition) is 1. The Hall–Kier alpha value is -2.65. The number of fused-ring (bicyclic) bond motifs is 1. The summed E-state index contributed by atoms with van der Waals surface area (Å²) in [6, 6.07) is 5.65. The number of benzene rings is 1. The van der Waals surface area contributed by atoms with E-state index in [-0.39, 0.29) is 13.2 Å². The lowest BCUT2D eigenvalue weighted by Crippen LogP contribution is -2.29. The zero-order chi connectivity index (χ0) is 18.8. The third kappa shape index (κ3) is 4.04. The van der Waals surface area contributed by atoms with Crippen LogP contribution >= 0.6 is 0 Å². The lowest BCUT2D eigenvalue weighted by Gasteiger charge is -2.19. The van der Waals surface area contributed by atoms with E-state index in [2.05, 4.69) is 26.9 Å². The SMILES string of the molecule is CN1CCCN(Cc2nc(CC(N)=O)nn2-c2ccc3c(c2)OCO3)CC1. The monoisotopic (exact) mass is 372 g/mol. The number of nitrogens with two attached hydrogens (primary N) is 1. The fourth-order valence-electron chi connectivity index (χ4n) is 3.41. The summed E-state index contributed by atoms with van der Waals surface area (Å²) >= 11 is 0. The minimum atomic E-state index is -0.444. The van der Waals surface area contributed by atoms with Crippen molar-refractivity contribution in [3.8, 4) is 17.2 Å². The van der Waals surface area contributed by atoms with E-state index >= 15 is 0 Å². The molecule has 9 heteroatoms. The molecular weight excluding hydrogens is 348 g/mol. The molecule has 0 unspecified atom stereocenters. The van der Waals surface area contributed by atoms with Gasteiger partial charge in [0.15, 0.2) is 17.3 Å². The number of rotatable bonds is 5. The van der Waals surface area contributed by atoms with Crippen LogP contribution in [-0.4, -0.2) is 70.5 Å². The smallest absolute Gasteiger partial charge is 0.231 e. The Bertz CT molecular complexity index is 836. The molecule has 1 amide bonds. The van der Waals surface area contributed by atoms with Crippen molar-refractivity contribution in [2.24, 2.45) is 5.73 Å². The molecule has 0 bridgehead atoms. The molecule has 9 nitrogen and oxygen atoms in total. The Balaban J connectivity index is 1.63. The number of carbonyl (C=O) groups is 1. The normalized spacial score (nSPS) is 17.8. The van der Waals surface area contributed by atoms with Crippen molar-refractivity contribution in [2.75, 3.05) is 40.0 Å². The van der Waals surface area contributed by atoms with Gasteiger partial charge in [-0.15, -0.1) is 0 Å². The zero-order valence-electron chi connectivity index (χ0n) is 15.4. The standard InChI is InChI=1S/C18H24N6O3/c1-22-5-2-6-23(8-7-22)11-18-20-17(10-16(19)25)21-24(18)13-3-4-14-15(9-13)27-12-26-14/h3-4,9H,2,5-8,10-12H2,1H3,(H2,19,25). The van der Waals surface area contributed by atoms with Crippen LogP contribution in [0, 0.1) is 0 Å². The Morgan fingerprint density at radius 3 is 2.89 bits per heavy atom. The predicted octanol–water partition coefficient (Wildman–Crippen LogP) is 0.161. The van der Waals surface area contributed by atoms with Crippen LogP contribution in [0.4, 0.5) is 0 Å². The molecule has 0 atom stereocenters. The minimum absolute atomic E-state index is 0.0211. The van der Waals surface area contributed by atoms with Gasteiger partial charge in [0.1, 0.15) is 5.82 Å². The van der Waals surface area contributed by atoms with Crippen LogP contribution in [0.1, 0.15) is 18.1 Å². The number of aromatic nitrogens is 3. The van der Waals surface area contributed by atoms with Crippen molar-refractivity contribution in [3.05, 3.63) is 29.8 Å². The lowest BCUT2D eigenvalue weighted by atomic mass is 10.3. The number of amides is 1. The van der Waals surface area contributed by atoms with Crippen LogP contribution in [0.2, 0.25) is 0 Å². The minimum Gasteiger partial charge on any atom is -0.454 e. The summed E-state index contributed by atoms with van der Waals surface area (Å²) in [5, 5.41) is 4.52. The van der Waals surface area contributed by atoms with E-state index in [4.69, 9.17) is 15.2 Å². The fraction of sp³-hybridized carbons (Fsp3) is 0.500. The summed E-state index contributed by atoms with van der Waals surface area (Å²) < 4.78 is 12.6. The van der Waals surface area contributed by atoms with Gasteiger partial charge in [-0.25, -0.2) is 9.67 Å². The Morgan fingerprint density at radius 2 is 2.04 bits per heavy atom. The van der Waals surface area contributed by atoms with Gasteiger partial charge in [-0.3, -0.25) is 9.69 Å². The molecule has 0 spiro atoms. The molecule has 2 N–H and O–H groups in total. The van der Waals surface area contributed by atoms with Gasteiger partial charge in [0.2, 0.25) is 12.7 Å². The second kappa shape index (κ2) is 7.53. The van der Waals surface area contributed by atoms with Crippen molar-refractivity contribution in [2.45, 2.75) is 19.4 Å². The maximum absolute atomic E-state index is 11.3. The maximum Gasteiger partial charge on any atom is 0.231 e. The first kappa shape index (κ1) is 17.7. The second-order valence-corrected chi connectivity index (χ2v) is 6.97. The van der Waals surface area contributed by atoms with Gasteiger partial charge in [-0.1, -0.05) is 0 Å². The summed E-state index contributed by atoms with van der Waals surface area (Å²) in [5.74, 6) is 2.17. The number of likely N-dealkylation sites (N-methyl/N-ethyl adjacent to an activating group) is 1. The van der Waals surface area contributed by atoms with Crippen molar-refractivity contribution >= 4 is 5.91 Å². The molecule has 2 aliphatic rings. The highest BCUT2D eigenvalue weighted by Gasteiger charge is 2.20. The van der Waals surface area contributed by atoms with E-state index < -0.39 is 5.91 Å². The predicted molar refractivity (Wildman–Crippen MR) is 97.8 cm³/mol. The third-order valence-corrected chi connectivity index (χ3v) is 4.83. The second-order valence-electron chi connectivity index (χ2n) is 6.97. The number of carbonyl (C=O) groups excluding carboxylic acids is 1. The maximum atomic E-state index is 11.3. The van der Waals surface area contributed by atoms with Crippen molar-refractivity contribution in [1.29, 1.82) is 0 Å². The summed E-state index contributed by atoms with van der Waals surface area (Å²) in [5.41, 5.74) is 6.16. The highest BCUT2D eigenvalue weighted by molar-refractivity contribution is 5.75. The quantitative estimate of drug-likeness (QED) is 0.798. The molecular formula is C18H24N6O3. The molecule has 3 heterocycles. The Morgan fingerprint density at radius 1 is 1.19 bits per heavy atom. The number of ether oxygens (including phenoxy) is 2. The summed E-state index contributed by atoms with van der Waals surface area (Å²) in [6.07, 6.45) is 1.14. The third-order valence-electron chi connectivity index (χ3n) is 4.83. The average molecular weight is 372 g/mol. The molecule has 2 aromatic rings. The number of hydrogen-bond acceptors (Lipinski definition) is 7. The van der Waals surface area contributed by atoms with Gasteiger partial charge in [0.25, 0.3) is 0 Å². The fourth-order valence-corrected chi connectivity index (χ4v) is 3.41. The molecule has 1 saturated heterocycles. The first-order chi connectivity index (χ1) is 13.1. The van der Waals surface area contributed by atoms with Crippen LogP contribution in [0.25, 0.3) is 5.69 Å². The highest BCUT2D eigenvalue weighted by Crippen LogP contribution is 2.33. The van der Waals surface area contributed by atoms with Crippen molar-refractivity contribution in [3.63, 3.8) is 0 Å². The first-order valence-corrected chi connectivity index (χ1v) is 9.12. The molecule has 27 heavy (non-hydrogen) atoms. The van der Waals surface area contributed by atoms with Gasteiger partial charge in [-0.05, 0) is 38.7 Å². The molecule has 1 aromatic carbocycles. The van der Waals surface area contributed by atoms with Crippen molar-refractivity contribution < 1.29 is 14.3 Å². The van der Waals surface area contributed by atoms with E-state index in [9.17, 15) is 4.79 Å². The Kier molecular flexibility index (Phi) is 4.95. The van der Waals surface area contributed by atoms with Crippen LogP contribution in [0.3, 0.4) is 0 Å². The van der Waals surface area contributed by atoms with Gasteiger partial charge < -0.3 is 20.1 Å². The van der Waals surface area contributed by atoms with Gasteiger partial charge >= 0.3 is 0 Å².